The van der Waals surface area contributed by atoms with Crippen molar-refractivity contribution in [3.63, 3.8) is 0 Å². The predicted molar refractivity (Wildman–Crippen MR) is 116 cm³/mol. The Bertz CT molecular complexity index is 893. The van der Waals surface area contributed by atoms with E-state index in [0.29, 0.717) is 23.5 Å². The molecule has 1 aromatic heterocycles. The molecule has 3 rings (SSSR count). The van der Waals surface area contributed by atoms with Crippen LogP contribution in [-0.4, -0.2) is 15.8 Å². The fourth-order valence-corrected chi connectivity index (χ4v) is 3.96. The van der Waals surface area contributed by atoms with E-state index in [1.807, 2.05) is 36.4 Å². The number of hydrogen-bond acceptors (Lipinski definition) is 4. The van der Waals surface area contributed by atoms with Gasteiger partial charge < -0.3 is 10.6 Å². The molecule has 1 heterocycles. The number of ketones is 1. The molecule has 0 saturated heterocycles. The molecule has 4 nitrogen and oxygen atoms in total. The molecule has 0 radical (unpaired) electrons. The van der Waals surface area contributed by atoms with Gasteiger partial charge in [-0.3, -0.25) is 9.78 Å². The van der Waals surface area contributed by atoms with Gasteiger partial charge in [0.1, 0.15) is 4.99 Å². The van der Waals surface area contributed by atoms with Gasteiger partial charge in [0.2, 0.25) is 0 Å². The maximum Gasteiger partial charge on any atom is 0.168 e. The number of Topliss-reactive ketones (excluding diaryl/α,β-unsaturated/α-hetero) is 1. The summed E-state index contributed by atoms with van der Waals surface area (Å²) in [6, 6.07) is 11.7. The molecule has 2 N–H and O–H groups in total. The highest BCUT2D eigenvalue weighted by Crippen LogP contribution is 2.36. The normalized spacial score (nSPS) is 16.2. The fraction of sp³-hybridized carbons (Fsp3) is 0.286. The number of benzene rings is 1. The van der Waals surface area contributed by atoms with Crippen molar-refractivity contribution in [2.75, 3.05) is 5.32 Å². The van der Waals surface area contributed by atoms with Crippen LogP contribution in [-0.2, 0) is 11.3 Å². The monoisotopic (exact) mass is 443 g/mol. The van der Waals surface area contributed by atoms with Crippen molar-refractivity contribution >= 4 is 44.6 Å². The molecule has 0 amide bonds. The summed E-state index contributed by atoms with van der Waals surface area (Å²) >= 11 is 9.06. The van der Waals surface area contributed by atoms with E-state index in [-0.39, 0.29) is 11.2 Å². The number of nitrogens with one attached hydrogen (secondary N) is 2. The van der Waals surface area contributed by atoms with Gasteiger partial charge in [0.25, 0.3) is 0 Å². The predicted octanol–water partition coefficient (Wildman–Crippen LogP) is 5.02. The number of hydrogen-bond donors (Lipinski definition) is 2. The van der Waals surface area contributed by atoms with E-state index >= 15 is 0 Å². The maximum atomic E-state index is 12.9. The second kappa shape index (κ2) is 8.31. The number of halogens is 1. The van der Waals surface area contributed by atoms with Crippen molar-refractivity contribution < 1.29 is 4.79 Å². The number of rotatable bonds is 5. The molecule has 1 aliphatic carbocycles. The molecule has 0 saturated carbocycles. The van der Waals surface area contributed by atoms with Crippen LogP contribution in [0.1, 0.15) is 32.3 Å². The number of anilines is 1. The van der Waals surface area contributed by atoms with E-state index < -0.39 is 0 Å². The molecule has 0 bridgehead atoms. The van der Waals surface area contributed by atoms with E-state index in [2.05, 4.69) is 45.4 Å². The lowest BCUT2D eigenvalue weighted by molar-refractivity contribution is -0.117. The molecule has 2 aromatic rings. The molecule has 27 heavy (non-hydrogen) atoms. The Labute approximate surface area is 173 Å². The average molecular weight is 444 g/mol. The number of aromatic nitrogens is 1. The van der Waals surface area contributed by atoms with E-state index in [4.69, 9.17) is 12.2 Å². The van der Waals surface area contributed by atoms with Crippen LogP contribution in [0.15, 0.2) is 64.5 Å². The molecule has 140 valence electrons. The standard InChI is InChI=1S/C21H22BrN3OS/c1-21(2)11-17(24-13-14-6-8-23-9-7-14)19(18(26)12-21)20(27)25-16-5-3-4-15(22)10-16/h3-10,24H,11-13H2,1-2H3,(H,25,27). The van der Waals surface area contributed by atoms with Crippen LogP contribution in [0.25, 0.3) is 0 Å². The van der Waals surface area contributed by atoms with Crippen molar-refractivity contribution in [2.45, 2.75) is 33.2 Å². The zero-order valence-corrected chi connectivity index (χ0v) is 17.8. The van der Waals surface area contributed by atoms with Gasteiger partial charge in [-0.25, -0.2) is 0 Å². The molecule has 0 fully saturated rings. The van der Waals surface area contributed by atoms with Crippen molar-refractivity contribution in [3.05, 3.63) is 70.1 Å². The Morgan fingerprint density at radius 3 is 2.67 bits per heavy atom. The summed E-state index contributed by atoms with van der Waals surface area (Å²) < 4.78 is 0.955. The Hall–Kier alpha value is -2.05. The molecular weight excluding hydrogens is 422 g/mol. The average Bonchev–Trinajstić information content (AvgIpc) is 2.59. The summed E-state index contributed by atoms with van der Waals surface area (Å²) in [5, 5.41) is 6.66. The number of thiocarbonyl (C=S) groups is 1. The van der Waals surface area contributed by atoms with Gasteiger partial charge in [-0.15, -0.1) is 0 Å². The van der Waals surface area contributed by atoms with Gasteiger partial charge in [0, 0.05) is 41.2 Å². The van der Waals surface area contributed by atoms with Crippen molar-refractivity contribution in [2.24, 2.45) is 5.41 Å². The first-order valence-corrected chi connectivity index (χ1v) is 10.0. The van der Waals surface area contributed by atoms with E-state index in [9.17, 15) is 4.79 Å². The third-order valence-electron chi connectivity index (χ3n) is 4.44. The van der Waals surface area contributed by atoms with Gasteiger partial charge >= 0.3 is 0 Å². The SMILES string of the molecule is CC1(C)CC(=O)C(C(=S)Nc2cccc(Br)c2)=C(NCc2ccncc2)C1. The lowest BCUT2D eigenvalue weighted by Gasteiger charge is -2.33. The zero-order chi connectivity index (χ0) is 19.4. The van der Waals surface area contributed by atoms with Crippen LogP contribution in [0.4, 0.5) is 5.69 Å². The first-order chi connectivity index (χ1) is 12.8. The summed E-state index contributed by atoms with van der Waals surface area (Å²) in [5.41, 5.74) is 3.37. The summed E-state index contributed by atoms with van der Waals surface area (Å²) in [6.07, 6.45) is 4.80. The van der Waals surface area contributed by atoms with Crippen LogP contribution in [0, 0.1) is 5.41 Å². The van der Waals surface area contributed by atoms with Gasteiger partial charge in [0.15, 0.2) is 5.78 Å². The molecule has 0 aliphatic heterocycles. The Balaban J connectivity index is 1.86. The van der Waals surface area contributed by atoms with E-state index in [0.717, 1.165) is 27.8 Å². The molecule has 0 spiro atoms. The smallest absolute Gasteiger partial charge is 0.168 e. The molecule has 6 heteroatoms. The molecule has 0 unspecified atom stereocenters. The molecule has 1 aliphatic rings. The minimum atomic E-state index is -0.0907. The Morgan fingerprint density at radius 1 is 1.22 bits per heavy atom. The van der Waals surface area contributed by atoms with Gasteiger partial charge in [-0.05, 0) is 47.7 Å². The maximum absolute atomic E-state index is 12.9. The van der Waals surface area contributed by atoms with Crippen LogP contribution in [0.3, 0.4) is 0 Å². The molecule has 1 aromatic carbocycles. The van der Waals surface area contributed by atoms with Crippen LogP contribution < -0.4 is 10.6 Å². The summed E-state index contributed by atoms with van der Waals surface area (Å²) in [7, 11) is 0. The number of carbonyl (C=O) groups excluding carboxylic acids is 1. The van der Waals surface area contributed by atoms with Crippen LogP contribution >= 0.6 is 28.1 Å². The number of carbonyl (C=O) groups is 1. The van der Waals surface area contributed by atoms with Gasteiger partial charge in [0.05, 0.1) is 5.57 Å². The molecular formula is C21H22BrN3OS. The van der Waals surface area contributed by atoms with Crippen LogP contribution in [0.2, 0.25) is 0 Å². The summed E-state index contributed by atoms with van der Waals surface area (Å²) in [4.78, 5) is 17.4. The third kappa shape index (κ3) is 5.23. The highest BCUT2D eigenvalue weighted by atomic mass is 79.9. The van der Waals surface area contributed by atoms with E-state index in [1.165, 1.54) is 0 Å². The summed E-state index contributed by atoms with van der Waals surface area (Å²) in [6.45, 7) is 4.85. The van der Waals surface area contributed by atoms with Gasteiger partial charge in [-0.2, -0.15) is 0 Å². The summed E-state index contributed by atoms with van der Waals surface area (Å²) in [5.74, 6) is 0.0796. The first-order valence-electron chi connectivity index (χ1n) is 8.80. The van der Waals surface area contributed by atoms with Crippen molar-refractivity contribution in [3.8, 4) is 0 Å². The lowest BCUT2D eigenvalue weighted by atomic mass is 9.75. The lowest BCUT2D eigenvalue weighted by Crippen LogP contribution is -2.35. The first kappa shape index (κ1) is 19.7. The highest BCUT2D eigenvalue weighted by Gasteiger charge is 2.34. The highest BCUT2D eigenvalue weighted by molar-refractivity contribution is 9.10. The fourth-order valence-electron chi connectivity index (χ4n) is 3.20. The largest absolute Gasteiger partial charge is 0.384 e. The topological polar surface area (TPSA) is 54.0 Å². The minimum Gasteiger partial charge on any atom is -0.384 e. The quantitative estimate of drug-likeness (QED) is 0.635. The Kier molecular flexibility index (Phi) is 6.07. The number of nitrogens with zero attached hydrogens (tertiary/aromatic N) is 1. The number of allylic oxidation sites excluding steroid dienone is 1. The van der Waals surface area contributed by atoms with E-state index in [1.54, 1.807) is 12.4 Å². The Morgan fingerprint density at radius 2 is 1.96 bits per heavy atom. The second-order valence-corrected chi connectivity index (χ2v) is 8.79. The zero-order valence-electron chi connectivity index (χ0n) is 15.4. The second-order valence-electron chi connectivity index (χ2n) is 7.47. The number of pyridine rings is 1. The molecule has 0 atom stereocenters. The van der Waals surface area contributed by atoms with Crippen molar-refractivity contribution in [1.82, 2.24) is 10.3 Å². The third-order valence-corrected chi connectivity index (χ3v) is 5.24. The van der Waals surface area contributed by atoms with Crippen molar-refractivity contribution in [1.29, 1.82) is 0 Å². The minimum absolute atomic E-state index is 0.0796. The van der Waals surface area contributed by atoms with Gasteiger partial charge in [-0.1, -0.05) is 48.1 Å². The van der Waals surface area contributed by atoms with Crippen LogP contribution in [0.5, 0.6) is 0 Å².